The number of hydrogen-bond acceptors (Lipinski definition) is 5. The standard InChI is InChI=1S/C14H11ClF3N5O2S/c1-22(13(14(16,17)18)9-2-4-10(15)5-3-9)26(24,25)12-7-6-11-20-19-8-23(11)21-12/h2-8,13H,1H3. The summed E-state index contributed by atoms with van der Waals surface area (Å²) in [6, 6.07) is 4.75. The van der Waals surface area contributed by atoms with Crippen molar-refractivity contribution in [2.75, 3.05) is 7.05 Å². The lowest BCUT2D eigenvalue weighted by atomic mass is 10.1. The third kappa shape index (κ3) is 3.37. The topological polar surface area (TPSA) is 80.5 Å². The highest BCUT2D eigenvalue weighted by molar-refractivity contribution is 7.89. The van der Waals surface area contributed by atoms with Crippen molar-refractivity contribution in [1.82, 2.24) is 24.1 Å². The van der Waals surface area contributed by atoms with Gasteiger partial charge in [-0.1, -0.05) is 23.7 Å². The number of nitrogens with zero attached hydrogens (tertiary/aromatic N) is 5. The van der Waals surface area contributed by atoms with Gasteiger partial charge in [0.2, 0.25) is 0 Å². The van der Waals surface area contributed by atoms with Crippen molar-refractivity contribution in [2.24, 2.45) is 0 Å². The van der Waals surface area contributed by atoms with Crippen LogP contribution in [0.15, 0.2) is 47.8 Å². The molecule has 0 amide bonds. The van der Waals surface area contributed by atoms with Crippen molar-refractivity contribution >= 4 is 27.3 Å². The number of halogens is 4. The summed E-state index contributed by atoms with van der Waals surface area (Å²) in [6.07, 6.45) is -3.70. The summed E-state index contributed by atoms with van der Waals surface area (Å²) in [5, 5.41) is 10.7. The van der Waals surface area contributed by atoms with E-state index in [1.165, 1.54) is 18.2 Å². The van der Waals surface area contributed by atoms with Gasteiger partial charge in [-0.25, -0.2) is 8.42 Å². The largest absolute Gasteiger partial charge is 0.409 e. The lowest BCUT2D eigenvalue weighted by molar-refractivity contribution is -0.171. The first kappa shape index (κ1) is 18.5. The van der Waals surface area contributed by atoms with E-state index in [1.807, 2.05) is 0 Å². The minimum absolute atomic E-state index is 0.231. The predicted octanol–water partition coefficient (Wildman–Crippen LogP) is 2.70. The van der Waals surface area contributed by atoms with Crippen LogP contribution in [0.4, 0.5) is 13.2 Å². The number of aromatic nitrogens is 4. The SMILES string of the molecule is CN(C(c1ccc(Cl)cc1)C(F)(F)F)S(=O)(=O)c1ccc2nncn2n1. The molecule has 0 bridgehead atoms. The molecule has 7 nitrogen and oxygen atoms in total. The Hall–Kier alpha value is -2.24. The minimum Gasteiger partial charge on any atom is -0.205 e. The van der Waals surface area contributed by atoms with Gasteiger partial charge >= 0.3 is 6.18 Å². The van der Waals surface area contributed by atoms with Gasteiger partial charge in [0.25, 0.3) is 10.0 Å². The maximum Gasteiger partial charge on any atom is 0.409 e. The summed E-state index contributed by atoms with van der Waals surface area (Å²) in [7, 11) is -3.71. The van der Waals surface area contributed by atoms with Gasteiger partial charge in [0.15, 0.2) is 10.7 Å². The van der Waals surface area contributed by atoms with E-state index < -0.39 is 27.3 Å². The Bertz CT molecular complexity index is 1040. The molecule has 0 saturated heterocycles. The summed E-state index contributed by atoms with van der Waals surface area (Å²) < 4.78 is 67.6. The Morgan fingerprint density at radius 3 is 2.42 bits per heavy atom. The molecule has 0 aliphatic heterocycles. The average Bonchev–Trinajstić information content (AvgIpc) is 3.03. The lowest BCUT2D eigenvalue weighted by Crippen LogP contribution is -2.40. The van der Waals surface area contributed by atoms with Gasteiger partial charge in [-0.05, 0) is 29.8 Å². The Kier molecular flexibility index (Phi) is 4.63. The molecule has 3 aromatic rings. The van der Waals surface area contributed by atoms with E-state index >= 15 is 0 Å². The zero-order valence-electron chi connectivity index (χ0n) is 13.1. The highest BCUT2D eigenvalue weighted by Gasteiger charge is 2.48. The molecular weight excluding hydrogens is 395 g/mol. The second-order valence-electron chi connectivity index (χ2n) is 5.32. The molecule has 2 aromatic heterocycles. The molecule has 0 fully saturated rings. The van der Waals surface area contributed by atoms with Crippen molar-refractivity contribution in [2.45, 2.75) is 17.2 Å². The Labute approximate surface area is 151 Å². The van der Waals surface area contributed by atoms with Gasteiger partial charge in [-0.3, -0.25) is 0 Å². The second kappa shape index (κ2) is 6.49. The van der Waals surface area contributed by atoms with E-state index in [4.69, 9.17) is 11.6 Å². The number of benzene rings is 1. The molecule has 1 aromatic carbocycles. The highest BCUT2D eigenvalue weighted by Crippen LogP contribution is 2.39. The van der Waals surface area contributed by atoms with E-state index in [2.05, 4.69) is 15.3 Å². The monoisotopic (exact) mass is 405 g/mol. The van der Waals surface area contributed by atoms with Crippen LogP contribution in [0.3, 0.4) is 0 Å². The Morgan fingerprint density at radius 1 is 1.15 bits per heavy atom. The van der Waals surface area contributed by atoms with Gasteiger partial charge in [0, 0.05) is 12.1 Å². The van der Waals surface area contributed by atoms with Gasteiger partial charge in [-0.2, -0.15) is 27.1 Å². The molecule has 0 aliphatic carbocycles. The van der Waals surface area contributed by atoms with Gasteiger partial charge in [-0.15, -0.1) is 10.2 Å². The molecule has 0 spiro atoms. The van der Waals surface area contributed by atoms with E-state index in [1.54, 1.807) is 0 Å². The summed E-state index contributed by atoms with van der Waals surface area (Å²) in [5.74, 6) is 0. The van der Waals surface area contributed by atoms with Crippen LogP contribution in [0, 0.1) is 0 Å². The average molecular weight is 406 g/mol. The predicted molar refractivity (Wildman–Crippen MR) is 86.0 cm³/mol. The van der Waals surface area contributed by atoms with Crippen molar-refractivity contribution in [3.8, 4) is 0 Å². The molecule has 1 unspecified atom stereocenters. The number of rotatable bonds is 4. The zero-order valence-corrected chi connectivity index (χ0v) is 14.7. The molecule has 0 saturated carbocycles. The van der Waals surface area contributed by atoms with Crippen LogP contribution in [0.1, 0.15) is 11.6 Å². The molecule has 1 atom stereocenters. The second-order valence-corrected chi connectivity index (χ2v) is 7.70. The first-order valence-electron chi connectivity index (χ1n) is 7.08. The molecule has 12 heteroatoms. The fraction of sp³-hybridized carbons (Fsp3) is 0.214. The van der Waals surface area contributed by atoms with Crippen molar-refractivity contribution in [1.29, 1.82) is 0 Å². The Balaban J connectivity index is 2.07. The van der Waals surface area contributed by atoms with Gasteiger partial charge < -0.3 is 0 Å². The van der Waals surface area contributed by atoms with Crippen molar-refractivity contribution in [3.63, 3.8) is 0 Å². The fourth-order valence-corrected chi connectivity index (χ4v) is 3.76. The molecule has 0 radical (unpaired) electrons. The number of sulfonamides is 1. The van der Waals surface area contributed by atoms with E-state index in [9.17, 15) is 21.6 Å². The van der Waals surface area contributed by atoms with Crippen LogP contribution >= 0.6 is 11.6 Å². The maximum atomic E-state index is 13.6. The van der Waals surface area contributed by atoms with Crippen LogP contribution in [-0.4, -0.2) is 45.8 Å². The quantitative estimate of drug-likeness (QED) is 0.666. The molecule has 0 aliphatic rings. The highest BCUT2D eigenvalue weighted by atomic mass is 35.5. The zero-order chi connectivity index (χ0) is 19.1. The van der Waals surface area contributed by atoms with Crippen molar-refractivity contribution in [3.05, 3.63) is 53.3 Å². The van der Waals surface area contributed by atoms with E-state index in [0.717, 1.165) is 36.1 Å². The number of fused-ring (bicyclic) bond motifs is 1. The van der Waals surface area contributed by atoms with Crippen molar-refractivity contribution < 1.29 is 21.6 Å². The molecule has 3 rings (SSSR count). The summed E-state index contributed by atoms with van der Waals surface area (Å²) >= 11 is 5.70. The van der Waals surface area contributed by atoms with Gasteiger partial charge in [0.1, 0.15) is 12.4 Å². The smallest absolute Gasteiger partial charge is 0.205 e. The first-order chi connectivity index (χ1) is 12.1. The van der Waals surface area contributed by atoms with E-state index in [0.29, 0.717) is 0 Å². The van der Waals surface area contributed by atoms with Gasteiger partial charge in [0.05, 0.1) is 0 Å². The van der Waals surface area contributed by atoms with Crippen LogP contribution in [0.5, 0.6) is 0 Å². The number of alkyl halides is 3. The molecular formula is C14H11ClF3N5O2S. The normalized spacial score (nSPS) is 14.1. The molecule has 138 valence electrons. The maximum absolute atomic E-state index is 13.6. The lowest BCUT2D eigenvalue weighted by Gasteiger charge is -2.29. The summed E-state index contributed by atoms with van der Waals surface area (Å²) in [6.45, 7) is 0. The third-order valence-corrected chi connectivity index (χ3v) is 5.61. The van der Waals surface area contributed by atoms with Crippen LogP contribution in [0.2, 0.25) is 5.02 Å². The minimum atomic E-state index is -4.85. The Morgan fingerprint density at radius 2 is 1.81 bits per heavy atom. The van der Waals surface area contributed by atoms with Crippen LogP contribution in [0.25, 0.3) is 5.65 Å². The number of hydrogen-bond donors (Lipinski definition) is 0. The van der Waals surface area contributed by atoms with E-state index in [-0.39, 0.29) is 20.5 Å². The fourth-order valence-electron chi connectivity index (χ4n) is 2.38. The molecule has 26 heavy (non-hydrogen) atoms. The van der Waals surface area contributed by atoms with Crippen LogP contribution < -0.4 is 0 Å². The summed E-state index contributed by atoms with van der Waals surface area (Å²) in [4.78, 5) is 0. The van der Waals surface area contributed by atoms with Crippen LogP contribution in [-0.2, 0) is 10.0 Å². The molecule has 0 N–H and O–H groups in total. The first-order valence-corrected chi connectivity index (χ1v) is 8.90. The summed E-state index contributed by atoms with van der Waals surface area (Å²) in [5.41, 5.74) is -0.00461. The molecule has 2 heterocycles. The third-order valence-electron chi connectivity index (χ3n) is 3.64.